The molecule has 0 saturated carbocycles. The first kappa shape index (κ1) is 10.8. The number of aromatic carboxylic acids is 1. The lowest BCUT2D eigenvalue weighted by Crippen LogP contribution is -1.97. The highest BCUT2D eigenvalue weighted by atomic mass is 32.1. The van der Waals surface area contributed by atoms with Crippen LogP contribution in [0, 0.1) is 0 Å². The number of thiazole rings is 1. The van der Waals surface area contributed by atoms with Gasteiger partial charge in [-0.25, -0.2) is 9.78 Å². The second-order valence-corrected chi connectivity index (χ2v) is 4.20. The average molecular weight is 233 g/mol. The van der Waals surface area contributed by atoms with Gasteiger partial charge in [-0.05, 0) is 12.0 Å². The fourth-order valence-corrected chi connectivity index (χ4v) is 2.29. The maximum absolute atomic E-state index is 11.0. The Balaban J connectivity index is 2.58. The van der Waals surface area contributed by atoms with E-state index in [0.717, 1.165) is 28.9 Å². The zero-order valence-corrected chi connectivity index (χ0v) is 9.62. The van der Waals surface area contributed by atoms with Crippen LogP contribution in [-0.4, -0.2) is 16.1 Å². The number of carboxylic acids is 1. The fourth-order valence-electron chi connectivity index (χ4n) is 1.65. The van der Waals surface area contributed by atoms with Crippen molar-refractivity contribution in [1.82, 2.24) is 4.98 Å². The maximum atomic E-state index is 11.0. The van der Waals surface area contributed by atoms with Crippen LogP contribution in [0.5, 0.6) is 0 Å². The van der Waals surface area contributed by atoms with Gasteiger partial charge in [0.25, 0.3) is 0 Å². The number of carbonyl (C=O) groups is 1. The van der Waals surface area contributed by atoms with Crippen LogP contribution in [0.3, 0.4) is 0 Å². The van der Waals surface area contributed by atoms with Gasteiger partial charge < -0.3 is 5.11 Å². The van der Waals surface area contributed by atoms with E-state index in [2.05, 4.69) is 4.98 Å². The normalized spacial score (nSPS) is 10.3. The van der Waals surface area contributed by atoms with Crippen molar-refractivity contribution < 1.29 is 9.90 Å². The molecule has 1 aromatic carbocycles. The van der Waals surface area contributed by atoms with Crippen molar-refractivity contribution in [2.75, 3.05) is 0 Å². The van der Waals surface area contributed by atoms with Crippen LogP contribution in [-0.2, 0) is 6.42 Å². The largest absolute Gasteiger partial charge is 0.477 e. The molecule has 16 heavy (non-hydrogen) atoms. The summed E-state index contributed by atoms with van der Waals surface area (Å²) in [5, 5.41) is 9.05. The Kier molecular flexibility index (Phi) is 3.01. The Morgan fingerprint density at radius 1 is 1.44 bits per heavy atom. The molecule has 2 aromatic rings. The minimum absolute atomic E-state index is 0.306. The molecule has 0 radical (unpaired) electrons. The SMILES string of the molecule is CCc1ccccc1-c1ncsc1C(=O)O. The third kappa shape index (κ3) is 1.84. The summed E-state index contributed by atoms with van der Waals surface area (Å²) < 4.78 is 0. The maximum Gasteiger partial charge on any atom is 0.348 e. The van der Waals surface area contributed by atoms with Crippen LogP contribution in [0.4, 0.5) is 0 Å². The molecule has 1 heterocycles. The second-order valence-electron chi connectivity index (χ2n) is 3.35. The van der Waals surface area contributed by atoms with Gasteiger partial charge >= 0.3 is 5.97 Å². The Hall–Kier alpha value is -1.68. The number of carboxylic acid groups (broad SMARTS) is 1. The van der Waals surface area contributed by atoms with Crippen molar-refractivity contribution >= 4 is 17.3 Å². The monoisotopic (exact) mass is 233 g/mol. The Morgan fingerprint density at radius 3 is 2.88 bits per heavy atom. The number of aryl methyl sites for hydroxylation is 1. The van der Waals surface area contributed by atoms with Crippen molar-refractivity contribution in [1.29, 1.82) is 0 Å². The van der Waals surface area contributed by atoms with Crippen LogP contribution < -0.4 is 0 Å². The molecule has 0 fully saturated rings. The number of rotatable bonds is 3. The molecule has 0 bridgehead atoms. The summed E-state index contributed by atoms with van der Waals surface area (Å²) in [5.41, 5.74) is 4.19. The van der Waals surface area contributed by atoms with Gasteiger partial charge in [-0.15, -0.1) is 11.3 Å². The van der Waals surface area contributed by atoms with Crippen LogP contribution in [0.25, 0.3) is 11.3 Å². The van der Waals surface area contributed by atoms with Gasteiger partial charge in [-0.3, -0.25) is 0 Å². The molecule has 0 aliphatic heterocycles. The standard InChI is InChI=1S/C12H11NO2S/c1-2-8-5-3-4-6-9(8)10-11(12(14)15)16-7-13-10/h3-7H,2H2,1H3,(H,14,15). The molecule has 1 aromatic heterocycles. The molecule has 0 atom stereocenters. The minimum Gasteiger partial charge on any atom is -0.477 e. The van der Waals surface area contributed by atoms with E-state index < -0.39 is 5.97 Å². The van der Waals surface area contributed by atoms with Crippen molar-refractivity contribution in [3.63, 3.8) is 0 Å². The summed E-state index contributed by atoms with van der Waals surface area (Å²) in [6.45, 7) is 2.05. The first-order chi connectivity index (χ1) is 7.74. The highest BCUT2D eigenvalue weighted by molar-refractivity contribution is 7.12. The summed E-state index contributed by atoms with van der Waals surface area (Å²) in [4.78, 5) is 15.5. The predicted molar refractivity (Wildman–Crippen MR) is 63.9 cm³/mol. The van der Waals surface area contributed by atoms with E-state index in [1.54, 1.807) is 5.51 Å². The van der Waals surface area contributed by atoms with E-state index in [1.165, 1.54) is 0 Å². The molecule has 82 valence electrons. The number of nitrogens with zero attached hydrogens (tertiary/aromatic N) is 1. The highest BCUT2D eigenvalue weighted by Crippen LogP contribution is 2.28. The lowest BCUT2D eigenvalue weighted by molar-refractivity contribution is 0.0702. The Bertz CT molecular complexity index is 519. The minimum atomic E-state index is -0.914. The Labute approximate surface area is 97.4 Å². The third-order valence-corrected chi connectivity index (χ3v) is 3.23. The van der Waals surface area contributed by atoms with Crippen LogP contribution in [0.15, 0.2) is 29.8 Å². The smallest absolute Gasteiger partial charge is 0.348 e. The molecule has 0 aliphatic rings. The molecule has 0 spiro atoms. The summed E-state index contributed by atoms with van der Waals surface area (Å²) in [7, 11) is 0. The zero-order chi connectivity index (χ0) is 11.5. The summed E-state index contributed by atoms with van der Waals surface area (Å²) in [5.74, 6) is -0.914. The predicted octanol–water partition coefficient (Wildman–Crippen LogP) is 3.07. The number of benzene rings is 1. The third-order valence-electron chi connectivity index (χ3n) is 2.42. The van der Waals surface area contributed by atoms with Gasteiger partial charge in [0, 0.05) is 5.56 Å². The first-order valence-electron chi connectivity index (χ1n) is 4.99. The topological polar surface area (TPSA) is 50.2 Å². The van der Waals surface area contributed by atoms with Crippen LogP contribution in [0.2, 0.25) is 0 Å². The second kappa shape index (κ2) is 4.45. The first-order valence-corrected chi connectivity index (χ1v) is 5.87. The van der Waals surface area contributed by atoms with E-state index in [-0.39, 0.29) is 0 Å². The van der Waals surface area contributed by atoms with E-state index in [9.17, 15) is 4.79 Å². The molecule has 2 rings (SSSR count). The lowest BCUT2D eigenvalue weighted by Gasteiger charge is -2.05. The number of hydrogen-bond acceptors (Lipinski definition) is 3. The molecule has 0 amide bonds. The molecule has 3 nitrogen and oxygen atoms in total. The molecular formula is C12H11NO2S. The van der Waals surface area contributed by atoms with Gasteiger partial charge in [-0.1, -0.05) is 31.2 Å². The molecule has 4 heteroatoms. The van der Waals surface area contributed by atoms with Gasteiger partial charge in [0.1, 0.15) is 4.88 Å². The highest BCUT2D eigenvalue weighted by Gasteiger charge is 2.16. The van der Waals surface area contributed by atoms with Gasteiger partial charge in [0.15, 0.2) is 0 Å². The van der Waals surface area contributed by atoms with Crippen LogP contribution in [0.1, 0.15) is 22.2 Å². The number of hydrogen-bond donors (Lipinski definition) is 1. The van der Waals surface area contributed by atoms with E-state index >= 15 is 0 Å². The lowest BCUT2D eigenvalue weighted by atomic mass is 10.0. The van der Waals surface area contributed by atoms with Gasteiger partial charge in [0.2, 0.25) is 0 Å². The van der Waals surface area contributed by atoms with Crippen molar-refractivity contribution in [2.45, 2.75) is 13.3 Å². The number of aromatic nitrogens is 1. The van der Waals surface area contributed by atoms with Gasteiger partial charge in [0.05, 0.1) is 11.2 Å². The molecule has 1 N–H and O–H groups in total. The molecular weight excluding hydrogens is 222 g/mol. The Morgan fingerprint density at radius 2 is 2.19 bits per heavy atom. The van der Waals surface area contributed by atoms with Crippen LogP contribution >= 0.6 is 11.3 Å². The quantitative estimate of drug-likeness (QED) is 0.886. The van der Waals surface area contributed by atoms with Crippen molar-refractivity contribution in [2.24, 2.45) is 0 Å². The van der Waals surface area contributed by atoms with E-state index in [1.807, 2.05) is 31.2 Å². The van der Waals surface area contributed by atoms with Gasteiger partial charge in [-0.2, -0.15) is 0 Å². The summed E-state index contributed by atoms with van der Waals surface area (Å²) >= 11 is 1.16. The summed E-state index contributed by atoms with van der Waals surface area (Å²) in [6.07, 6.45) is 0.868. The summed E-state index contributed by atoms with van der Waals surface area (Å²) in [6, 6.07) is 7.77. The molecule has 0 aliphatic carbocycles. The molecule has 0 saturated heterocycles. The fraction of sp³-hybridized carbons (Fsp3) is 0.167. The van der Waals surface area contributed by atoms with E-state index in [0.29, 0.717) is 10.6 Å². The van der Waals surface area contributed by atoms with Crippen molar-refractivity contribution in [3.8, 4) is 11.3 Å². The van der Waals surface area contributed by atoms with E-state index in [4.69, 9.17) is 5.11 Å². The average Bonchev–Trinajstić information content (AvgIpc) is 2.77. The zero-order valence-electron chi connectivity index (χ0n) is 8.80. The molecule has 0 unspecified atom stereocenters. The van der Waals surface area contributed by atoms with Crippen molar-refractivity contribution in [3.05, 3.63) is 40.2 Å².